The summed E-state index contributed by atoms with van der Waals surface area (Å²) in [5.41, 5.74) is 2.81. The van der Waals surface area contributed by atoms with Gasteiger partial charge in [0.05, 0.1) is 6.10 Å². The monoisotopic (exact) mass is 258 g/mol. The molecule has 3 nitrogen and oxygen atoms in total. The van der Waals surface area contributed by atoms with Gasteiger partial charge in [0.25, 0.3) is 0 Å². The lowest BCUT2D eigenvalue weighted by molar-refractivity contribution is 0.199. The number of hydrogen-bond donors (Lipinski definition) is 1. The minimum atomic E-state index is -0.523. The maximum absolute atomic E-state index is 13.3. The third kappa shape index (κ3) is 2.19. The van der Waals surface area contributed by atoms with E-state index in [9.17, 15) is 9.50 Å². The van der Waals surface area contributed by atoms with Crippen molar-refractivity contribution in [3.63, 3.8) is 0 Å². The van der Waals surface area contributed by atoms with E-state index in [0.717, 1.165) is 35.6 Å². The lowest BCUT2D eigenvalue weighted by Gasteiger charge is -2.18. The summed E-state index contributed by atoms with van der Waals surface area (Å²) in [5, 5.41) is 9.47. The molecule has 1 unspecified atom stereocenters. The van der Waals surface area contributed by atoms with E-state index < -0.39 is 6.10 Å². The fourth-order valence-corrected chi connectivity index (χ4v) is 2.39. The quantitative estimate of drug-likeness (QED) is 0.899. The van der Waals surface area contributed by atoms with Crippen LogP contribution in [0.15, 0.2) is 36.5 Å². The molecule has 1 aromatic carbocycles. The highest BCUT2D eigenvalue weighted by molar-refractivity contribution is 5.67. The van der Waals surface area contributed by atoms with Gasteiger partial charge < -0.3 is 10.0 Å². The maximum atomic E-state index is 13.3. The molecule has 1 N–H and O–H groups in total. The lowest BCUT2D eigenvalue weighted by Crippen LogP contribution is -2.15. The minimum Gasteiger partial charge on any atom is -0.389 e. The number of aromatic nitrogens is 1. The van der Waals surface area contributed by atoms with Gasteiger partial charge in [-0.15, -0.1) is 0 Å². The predicted octanol–water partition coefficient (Wildman–Crippen LogP) is 2.97. The first-order chi connectivity index (χ1) is 9.15. The third-order valence-corrected chi connectivity index (χ3v) is 3.47. The van der Waals surface area contributed by atoms with E-state index in [1.165, 1.54) is 6.07 Å². The molecule has 1 atom stereocenters. The normalized spacial score (nSPS) is 15.4. The van der Waals surface area contributed by atoms with Crippen LogP contribution in [-0.2, 0) is 6.42 Å². The number of nitrogens with zero attached hydrogens (tertiary/aromatic N) is 2. The predicted molar refractivity (Wildman–Crippen MR) is 72.0 cm³/mol. The molecule has 1 aliphatic rings. The molecule has 0 spiro atoms. The average molecular weight is 258 g/mol. The van der Waals surface area contributed by atoms with E-state index in [2.05, 4.69) is 4.98 Å². The molecular formula is C15H15FN2O. The first kappa shape index (κ1) is 12.1. The Hall–Kier alpha value is -1.94. The molecule has 0 radical (unpaired) electrons. The van der Waals surface area contributed by atoms with Crippen molar-refractivity contribution >= 4 is 11.5 Å². The summed E-state index contributed by atoms with van der Waals surface area (Å²) in [7, 11) is 0. The molecule has 1 aliphatic heterocycles. The molecule has 0 fully saturated rings. The molecule has 4 heteroatoms. The van der Waals surface area contributed by atoms with E-state index in [1.807, 2.05) is 23.1 Å². The van der Waals surface area contributed by atoms with Crippen molar-refractivity contribution in [1.29, 1.82) is 0 Å². The average Bonchev–Trinajstić information content (AvgIpc) is 2.81. The van der Waals surface area contributed by atoms with Crippen LogP contribution in [0.4, 0.5) is 15.9 Å². The topological polar surface area (TPSA) is 36.4 Å². The first-order valence-corrected chi connectivity index (χ1v) is 6.35. The number of anilines is 2. The van der Waals surface area contributed by atoms with Crippen molar-refractivity contribution in [2.45, 2.75) is 19.4 Å². The molecule has 0 saturated heterocycles. The fourth-order valence-electron chi connectivity index (χ4n) is 2.39. The second kappa shape index (κ2) is 4.63. The molecule has 0 bridgehead atoms. The number of fused-ring (bicyclic) bond motifs is 1. The van der Waals surface area contributed by atoms with Crippen molar-refractivity contribution in [1.82, 2.24) is 4.98 Å². The lowest BCUT2D eigenvalue weighted by atomic mass is 10.1. The summed E-state index contributed by atoms with van der Waals surface area (Å²) in [6, 6.07) is 8.58. The molecule has 0 amide bonds. The minimum absolute atomic E-state index is 0.230. The zero-order valence-corrected chi connectivity index (χ0v) is 10.7. The molecule has 2 heterocycles. The highest BCUT2D eigenvalue weighted by atomic mass is 19.1. The Balaban J connectivity index is 1.95. The standard InChI is InChI=1S/C15H15FN2O/c1-10(19)12-3-5-15(17-9-12)18-7-6-11-2-4-13(16)8-14(11)18/h2-5,8-10,19H,6-7H2,1H3. The number of pyridine rings is 1. The highest BCUT2D eigenvalue weighted by Crippen LogP contribution is 2.34. The summed E-state index contributed by atoms with van der Waals surface area (Å²) in [6.07, 6.45) is 2.04. The van der Waals surface area contributed by atoms with E-state index in [-0.39, 0.29) is 5.82 Å². The summed E-state index contributed by atoms with van der Waals surface area (Å²) < 4.78 is 13.3. The van der Waals surface area contributed by atoms with Gasteiger partial charge in [-0.05, 0) is 42.7 Å². The highest BCUT2D eigenvalue weighted by Gasteiger charge is 2.21. The molecule has 0 aliphatic carbocycles. The molecule has 19 heavy (non-hydrogen) atoms. The third-order valence-electron chi connectivity index (χ3n) is 3.47. The second-order valence-corrected chi connectivity index (χ2v) is 4.80. The van der Waals surface area contributed by atoms with Gasteiger partial charge in [0.2, 0.25) is 0 Å². The summed E-state index contributed by atoms with van der Waals surface area (Å²) in [5.74, 6) is 0.556. The van der Waals surface area contributed by atoms with Gasteiger partial charge in [0, 0.05) is 18.4 Å². The van der Waals surface area contributed by atoms with Crippen molar-refractivity contribution < 1.29 is 9.50 Å². The van der Waals surface area contributed by atoms with Crippen LogP contribution in [0.25, 0.3) is 0 Å². The van der Waals surface area contributed by atoms with Gasteiger partial charge in [0.1, 0.15) is 11.6 Å². The van der Waals surface area contributed by atoms with Crippen LogP contribution < -0.4 is 4.90 Å². The number of hydrogen-bond acceptors (Lipinski definition) is 3. The molecule has 3 rings (SSSR count). The van der Waals surface area contributed by atoms with Gasteiger partial charge >= 0.3 is 0 Å². The van der Waals surface area contributed by atoms with E-state index >= 15 is 0 Å². The number of rotatable bonds is 2. The Bertz CT molecular complexity index is 596. The fraction of sp³-hybridized carbons (Fsp3) is 0.267. The zero-order chi connectivity index (χ0) is 13.4. The van der Waals surface area contributed by atoms with Crippen molar-refractivity contribution in [3.8, 4) is 0 Å². The smallest absolute Gasteiger partial charge is 0.132 e. The molecule has 98 valence electrons. The van der Waals surface area contributed by atoms with Crippen LogP contribution >= 0.6 is 0 Å². The van der Waals surface area contributed by atoms with Crippen LogP contribution in [0, 0.1) is 5.82 Å². The molecule has 2 aromatic rings. The van der Waals surface area contributed by atoms with E-state index in [0.29, 0.717) is 0 Å². The number of benzene rings is 1. The summed E-state index contributed by atoms with van der Waals surface area (Å²) in [6.45, 7) is 2.51. The van der Waals surface area contributed by atoms with Gasteiger partial charge in [-0.3, -0.25) is 0 Å². The van der Waals surface area contributed by atoms with Gasteiger partial charge in [-0.2, -0.15) is 0 Å². The molecule has 1 aromatic heterocycles. The summed E-state index contributed by atoms with van der Waals surface area (Å²) in [4.78, 5) is 6.36. The maximum Gasteiger partial charge on any atom is 0.132 e. The van der Waals surface area contributed by atoms with Crippen LogP contribution in [0.3, 0.4) is 0 Å². The number of aliphatic hydroxyl groups excluding tert-OH is 1. The second-order valence-electron chi connectivity index (χ2n) is 4.80. The Kier molecular flexibility index (Phi) is 2.95. The van der Waals surface area contributed by atoms with Gasteiger partial charge in [0.15, 0.2) is 0 Å². The number of halogens is 1. The van der Waals surface area contributed by atoms with Crippen LogP contribution in [0.1, 0.15) is 24.2 Å². The Morgan fingerprint density at radius 2 is 2.16 bits per heavy atom. The molecule has 0 saturated carbocycles. The zero-order valence-electron chi connectivity index (χ0n) is 10.7. The van der Waals surface area contributed by atoms with Gasteiger partial charge in [-0.1, -0.05) is 12.1 Å². The van der Waals surface area contributed by atoms with Crippen LogP contribution in [0.2, 0.25) is 0 Å². The Labute approximate surface area is 111 Å². The Morgan fingerprint density at radius 3 is 2.84 bits per heavy atom. The van der Waals surface area contributed by atoms with Crippen LogP contribution in [0.5, 0.6) is 0 Å². The Morgan fingerprint density at radius 1 is 1.32 bits per heavy atom. The van der Waals surface area contributed by atoms with Crippen molar-refractivity contribution in [3.05, 3.63) is 53.5 Å². The van der Waals surface area contributed by atoms with Crippen molar-refractivity contribution in [2.24, 2.45) is 0 Å². The first-order valence-electron chi connectivity index (χ1n) is 6.35. The number of aliphatic hydroxyl groups is 1. The van der Waals surface area contributed by atoms with E-state index in [4.69, 9.17) is 0 Å². The summed E-state index contributed by atoms with van der Waals surface area (Å²) >= 11 is 0. The molecular weight excluding hydrogens is 243 g/mol. The SMILES string of the molecule is CC(O)c1ccc(N2CCc3ccc(F)cc32)nc1. The van der Waals surface area contributed by atoms with Crippen LogP contribution in [-0.4, -0.2) is 16.6 Å². The van der Waals surface area contributed by atoms with Crippen molar-refractivity contribution in [2.75, 3.05) is 11.4 Å². The largest absolute Gasteiger partial charge is 0.389 e. The van der Waals surface area contributed by atoms with E-state index in [1.54, 1.807) is 19.2 Å². The van der Waals surface area contributed by atoms with Gasteiger partial charge in [-0.25, -0.2) is 9.37 Å².